The van der Waals surface area contributed by atoms with E-state index < -0.39 is 10.0 Å². The molecule has 1 unspecified atom stereocenters. The number of hydrogen-bond donors (Lipinski definition) is 2. The van der Waals surface area contributed by atoms with E-state index >= 15 is 0 Å². The van der Waals surface area contributed by atoms with Crippen LogP contribution in [-0.2, 0) is 10.0 Å². The van der Waals surface area contributed by atoms with Crippen molar-refractivity contribution in [2.45, 2.75) is 24.8 Å². The number of benzene rings is 2. The summed E-state index contributed by atoms with van der Waals surface area (Å²) >= 11 is 0. The van der Waals surface area contributed by atoms with Crippen molar-refractivity contribution in [3.8, 4) is 0 Å². The summed E-state index contributed by atoms with van der Waals surface area (Å²) in [5.41, 5.74) is 7.86. The first kappa shape index (κ1) is 14.6. The van der Waals surface area contributed by atoms with E-state index in [2.05, 4.69) is 4.72 Å². The van der Waals surface area contributed by atoms with Gasteiger partial charge in [-0.15, -0.1) is 0 Å². The number of nitrogens with one attached hydrogen (secondary N) is 1. The molecular weight excluding hydrogens is 272 g/mol. The number of aryl methyl sites for hydroxylation is 1. The van der Waals surface area contributed by atoms with E-state index in [1.165, 1.54) is 0 Å². The van der Waals surface area contributed by atoms with Crippen molar-refractivity contribution in [3.05, 3.63) is 59.7 Å². The summed E-state index contributed by atoms with van der Waals surface area (Å²) in [4.78, 5) is 0.277. The van der Waals surface area contributed by atoms with E-state index in [9.17, 15) is 8.42 Å². The van der Waals surface area contributed by atoms with Gasteiger partial charge < -0.3 is 5.73 Å². The smallest absolute Gasteiger partial charge is 0.262 e. The Morgan fingerprint density at radius 2 is 1.65 bits per heavy atom. The third-order valence-corrected chi connectivity index (χ3v) is 4.60. The van der Waals surface area contributed by atoms with Gasteiger partial charge in [-0.25, -0.2) is 8.42 Å². The molecule has 0 saturated heterocycles. The second kappa shape index (κ2) is 5.64. The Balaban J connectivity index is 2.42. The lowest BCUT2D eigenvalue weighted by molar-refractivity contribution is 0.600. The van der Waals surface area contributed by atoms with Crippen molar-refractivity contribution in [1.82, 2.24) is 0 Å². The maximum absolute atomic E-state index is 12.4. The molecule has 4 nitrogen and oxygen atoms in total. The standard InChI is InChI=1S/C15H18N2O2S/c1-11-7-3-6-10-15(11)20(18,19)17-14-9-5-4-8-13(14)12(2)16/h3-10,12,17H,16H2,1-2H3. The number of para-hydroxylation sites is 1. The molecule has 0 amide bonds. The average Bonchev–Trinajstić information content (AvgIpc) is 2.39. The highest BCUT2D eigenvalue weighted by Gasteiger charge is 2.18. The van der Waals surface area contributed by atoms with Crippen molar-refractivity contribution in [1.29, 1.82) is 0 Å². The average molecular weight is 290 g/mol. The molecule has 2 aromatic rings. The maximum Gasteiger partial charge on any atom is 0.262 e. The van der Waals surface area contributed by atoms with Crippen LogP contribution in [0, 0.1) is 6.92 Å². The summed E-state index contributed by atoms with van der Waals surface area (Å²) in [5, 5.41) is 0. The van der Waals surface area contributed by atoms with Crippen LogP contribution in [0.5, 0.6) is 0 Å². The maximum atomic E-state index is 12.4. The molecule has 0 aromatic heterocycles. The van der Waals surface area contributed by atoms with Crippen LogP contribution in [0.1, 0.15) is 24.1 Å². The number of nitrogens with two attached hydrogens (primary N) is 1. The summed E-state index contributed by atoms with van der Waals surface area (Å²) in [6.07, 6.45) is 0. The lowest BCUT2D eigenvalue weighted by Crippen LogP contribution is -2.17. The summed E-state index contributed by atoms with van der Waals surface area (Å²) in [6.45, 7) is 3.59. The molecule has 1 atom stereocenters. The van der Waals surface area contributed by atoms with Gasteiger partial charge in [0.25, 0.3) is 10.0 Å². The van der Waals surface area contributed by atoms with Crippen molar-refractivity contribution in [3.63, 3.8) is 0 Å². The molecule has 20 heavy (non-hydrogen) atoms. The Hall–Kier alpha value is -1.85. The Kier molecular flexibility index (Phi) is 4.11. The fourth-order valence-electron chi connectivity index (χ4n) is 2.04. The topological polar surface area (TPSA) is 72.2 Å². The van der Waals surface area contributed by atoms with Gasteiger partial charge in [0.2, 0.25) is 0 Å². The molecule has 2 aromatic carbocycles. The first-order valence-electron chi connectivity index (χ1n) is 6.35. The molecule has 5 heteroatoms. The van der Waals surface area contributed by atoms with E-state index in [-0.39, 0.29) is 10.9 Å². The van der Waals surface area contributed by atoms with Gasteiger partial charge in [0.05, 0.1) is 10.6 Å². The molecule has 0 bridgehead atoms. The van der Waals surface area contributed by atoms with Gasteiger partial charge >= 0.3 is 0 Å². The highest BCUT2D eigenvalue weighted by molar-refractivity contribution is 7.92. The monoisotopic (exact) mass is 290 g/mol. The SMILES string of the molecule is Cc1ccccc1S(=O)(=O)Nc1ccccc1C(C)N. The molecule has 0 aliphatic carbocycles. The van der Waals surface area contributed by atoms with Gasteiger partial charge in [0.1, 0.15) is 0 Å². The van der Waals surface area contributed by atoms with Crippen LogP contribution in [0.3, 0.4) is 0 Å². The third kappa shape index (κ3) is 3.00. The zero-order valence-electron chi connectivity index (χ0n) is 11.5. The van der Waals surface area contributed by atoms with Crippen LogP contribution >= 0.6 is 0 Å². The molecule has 0 aliphatic rings. The second-order valence-corrected chi connectivity index (χ2v) is 6.40. The van der Waals surface area contributed by atoms with E-state index in [1.807, 2.05) is 25.1 Å². The predicted molar refractivity (Wildman–Crippen MR) is 81.0 cm³/mol. The van der Waals surface area contributed by atoms with Crippen molar-refractivity contribution >= 4 is 15.7 Å². The van der Waals surface area contributed by atoms with Gasteiger partial charge in [-0.1, -0.05) is 36.4 Å². The second-order valence-electron chi connectivity index (χ2n) is 4.75. The van der Waals surface area contributed by atoms with E-state index in [4.69, 9.17) is 5.73 Å². The van der Waals surface area contributed by atoms with Crippen LogP contribution in [0.2, 0.25) is 0 Å². The van der Waals surface area contributed by atoms with Gasteiger partial charge in [0.15, 0.2) is 0 Å². The third-order valence-electron chi connectivity index (χ3n) is 3.08. The van der Waals surface area contributed by atoms with Crippen LogP contribution in [0.4, 0.5) is 5.69 Å². The summed E-state index contributed by atoms with van der Waals surface area (Å²) in [5.74, 6) is 0. The molecular formula is C15H18N2O2S. The highest BCUT2D eigenvalue weighted by Crippen LogP contribution is 2.24. The first-order valence-corrected chi connectivity index (χ1v) is 7.83. The molecule has 0 aliphatic heterocycles. The Morgan fingerprint density at radius 3 is 2.30 bits per heavy atom. The van der Waals surface area contributed by atoms with Crippen molar-refractivity contribution in [2.24, 2.45) is 5.73 Å². The first-order chi connectivity index (χ1) is 9.42. The van der Waals surface area contributed by atoms with E-state index in [1.54, 1.807) is 37.3 Å². The largest absolute Gasteiger partial charge is 0.324 e. The van der Waals surface area contributed by atoms with Crippen LogP contribution < -0.4 is 10.5 Å². The Morgan fingerprint density at radius 1 is 1.05 bits per heavy atom. The normalized spacial score (nSPS) is 12.9. The molecule has 0 radical (unpaired) electrons. The van der Waals surface area contributed by atoms with Crippen LogP contribution in [0.15, 0.2) is 53.4 Å². The zero-order valence-corrected chi connectivity index (χ0v) is 12.3. The van der Waals surface area contributed by atoms with Crippen molar-refractivity contribution < 1.29 is 8.42 Å². The number of sulfonamides is 1. The number of anilines is 1. The van der Waals surface area contributed by atoms with E-state index in [0.717, 1.165) is 5.56 Å². The summed E-state index contributed by atoms with van der Waals surface area (Å²) in [6, 6.07) is 13.8. The lowest BCUT2D eigenvalue weighted by atomic mass is 10.1. The number of hydrogen-bond acceptors (Lipinski definition) is 3. The minimum atomic E-state index is -3.61. The molecule has 0 saturated carbocycles. The quantitative estimate of drug-likeness (QED) is 0.909. The minimum Gasteiger partial charge on any atom is -0.324 e. The van der Waals surface area contributed by atoms with Gasteiger partial charge in [-0.3, -0.25) is 4.72 Å². The van der Waals surface area contributed by atoms with E-state index in [0.29, 0.717) is 11.3 Å². The Bertz CT molecular complexity index is 709. The summed E-state index contributed by atoms with van der Waals surface area (Å²) in [7, 11) is -3.61. The molecule has 0 fully saturated rings. The minimum absolute atomic E-state index is 0.245. The van der Waals surface area contributed by atoms with Gasteiger partial charge in [0, 0.05) is 6.04 Å². The van der Waals surface area contributed by atoms with Crippen LogP contribution in [-0.4, -0.2) is 8.42 Å². The zero-order chi connectivity index (χ0) is 14.8. The fourth-order valence-corrected chi connectivity index (χ4v) is 3.38. The Labute approximate surface area is 119 Å². The highest BCUT2D eigenvalue weighted by atomic mass is 32.2. The lowest BCUT2D eigenvalue weighted by Gasteiger charge is -2.15. The number of rotatable bonds is 4. The van der Waals surface area contributed by atoms with Crippen LogP contribution in [0.25, 0.3) is 0 Å². The van der Waals surface area contributed by atoms with Gasteiger partial charge in [-0.05, 0) is 37.1 Å². The molecule has 0 heterocycles. The molecule has 0 spiro atoms. The molecule has 106 valence electrons. The predicted octanol–water partition coefficient (Wildman–Crippen LogP) is 2.82. The summed E-state index contributed by atoms with van der Waals surface area (Å²) < 4.78 is 27.5. The fraction of sp³-hybridized carbons (Fsp3) is 0.200. The van der Waals surface area contributed by atoms with Gasteiger partial charge in [-0.2, -0.15) is 0 Å². The molecule has 2 rings (SSSR count). The molecule has 3 N–H and O–H groups in total. The van der Waals surface area contributed by atoms with Crippen molar-refractivity contribution in [2.75, 3.05) is 4.72 Å².